The van der Waals surface area contributed by atoms with Crippen molar-refractivity contribution < 1.29 is 0 Å². The van der Waals surface area contributed by atoms with E-state index in [9.17, 15) is 0 Å². The Hall–Kier alpha value is -3.46. The van der Waals surface area contributed by atoms with Crippen molar-refractivity contribution in [2.75, 3.05) is 0 Å². The lowest BCUT2D eigenvalue weighted by molar-refractivity contribution is 1.12. The van der Waals surface area contributed by atoms with Crippen LogP contribution in [-0.2, 0) is 0 Å². The number of H-pyrrole nitrogens is 1. The van der Waals surface area contributed by atoms with Crippen LogP contribution in [0.4, 0.5) is 5.69 Å². The van der Waals surface area contributed by atoms with Gasteiger partial charge in [0.15, 0.2) is 0 Å². The topological polar surface area (TPSA) is 41.0 Å². The van der Waals surface area contributed by atoms with E-state index in [1.807, 2.05) is 26.8 Å². The fourth-order valence-electron chi connectivity index (χ4n) is 3.97. The van der Waals surface area contributed by atoms with Crippen LogP contribution in [0.2, 0.25) is 0 Å². The van der Waals surface area contributed by atoms with Crippen molar-refractivity contribution in [3.05, 3.63) is 77.1 Å². The Kier molecular flexibility index (Phi) is 4.89. The molecule has 2 aromatic carbocycles. The van der Waals surface area contributed by atoms with Crippen LogP contribution in [0.5, 0.6) is 0 Å². The van der Waals surface area contributed by atoms with E-state index in [4.69, 9.17) is 0 Å². The maximum Gasteiger partial charge on any atom is 0.0700 e. The standard InChI is InChI=1S/C26H25N3/c1-6-7-19-8-9-20(14-24(19)27-5)21-10-11-23-18(4)26(29-25(23)15-21)22-12-16(2)28-17(3)13-22/h6-15,29H,5H2,1-4H3/b7-6-. The lowest BCUT2D eigenvalue weighted by Crippen LogP contribution is -1.89. The zero-order valence-corrected chi connectivity index (χ0v) is 17.4. The van der Waals surface area contributed by atoms with Crippen LogP contribution in [0.25, 0.3) is 39.4 Å². The third-order valence-corrected chi connectivity index (χ3v) is 5.31. The predicted molar refractivity (Wildman–Crippen MR) is 125 cm³/mol. The number of benzene rings is 2. The number of aromatic amines is 1. The highest BCUT2D eigenvalue weighted by Crippen LogP contribution is 2.34. The SMILES string of the molecule is C=Nc1cc(-c2ccc3c(C)c(-c4cc(C)nc(C)c4)[nH]c3c2)ccc1/C=C\C. The molecular formula is C26H25N3. The third kappa shape index (κ3) is 3.52. The van der Waals surface area contributed by atoms with Gasteiger partial charge >= 0.3 is 0 Å². The normalized spacial score (nSPS) is 11.4. The van der Waals surface area contributed by atoms with E-state index in [-0.39, 0.29) is 0 Å². The summed E-state index contributed by atoms with van der Waals surface area (Å²) < 4.78 is 0. The van der Waals surface area contributed by atoms with Gasteiger partial charge in [-0.25, -0.2) is 0 Å². The molecule has 3 heteroatoms. The lowest BCUT2D eigenvalue weighted by Gasteiger charge is -2.06. The highest BCUT2D eigenvalue weighted by molar-refractivity contribution is 5.93. The average Bonchev–Trinajstić information content (AvgIpc) is 3.04. The summed E-state index contributed by atoms with van der Waals surface area (Å²) in [6.07, 6.45) is 4.07. The molecule has 0 aliphatic rings. The van der Waals surface area contributed by atoms with Crippen LogP contribution in [0, 0.1) is 20.8 Å². The molecular weight excluding hydrogens is 354 g/mol. The van der Waals surface area contributed by atoms with Crippen molar-refractivity contribution in [2.45, 2.75) is 27.7 Å². The van der Waals surface area contributed by atoms with Crippen molar-refractivity contribution in [1.29, 1.82) is 0 Å². The van der Waals surface area contributed by atoms with Crippen LogP contribution in [-0.4, -0.2) is 16.7 Å². The molecule has 4 rings (SSSR count). The Morgan fingerprint density at radius 1 is 0.897 bits per heavy atom. The minimum absolute atomic E-state index is 0.895. The first-order valence-electron chi connectivity index (χ1n) is 9.82. The minimum atomic E-state index is 0.895. The second-order valence-electron chi connectivity index (χ2n) is 7.46. The van der Waals surface area contributed by atoms with Gasteiger partial charge in [-0.05, 0) is 80.9 Å². The van der Waals surface area contributed by atoms with E-state index < -0.39 is 0 Å². The molecule has 0 saturated carbocycles. The molecule has 0 fully saturated rings. The van der Waals surface area contributed by atoms with E-state index in [1.165, 1.54) is 16.5 Å². The number of fused-ring (bicyclic) bond motifs is 1. The molecule has 0 atom stereocenters. The number of hydrogen-bond donors (Lipinski definition) is 1. The molecule has 0 amide bonds. The van der Waals surface area contributed by atoms with Gasteiger partial charge in [0.05, 0.1) is 5.69 Å². The molecule has 0 saturated heterocycles. The molecule has 1 N–H and O–H groups in total. The van der Waals surface area contributed by atoms with Crippen molar-refractivity contribution >= 4 is 29.4 Å². The molecule has 0 bridgehead atoms. The summed E-state index contributed by atoms with van der Waals surface area (Å²) in [4.78, 5) is 12.3. The molecule has 0 radical (unpaired) electrons. The maximum absolute atomic E-state index is 4.50. The number of aliphatic imine (C=N–C) groups is 1. The minimum Gasteiger partial charge on any atom is -0.354 e. The number of pyridine rings is 1. The molecule has 0 spiro atoms. The van der Waals surface area contributed by atoms with Gasteiger partial charge in [0.2, 0.25) is 0 Å². The molecule has 2 aromatic heterocycles. The molecule has 144 valence electrons. The van der Waals surface area contributed by atoms with Crippen LogP contribution in [0.1, 0.15) is 29.4 Å². The molecule has 0 unspecified atom stereocenters. The Morgan fingerprint density at radius 3 is 2.28 bits per heavy atom. The summed E-state index contributed by atoms with van der Waals surface area (Å²) in [6.45, 7) is 12.0. The number of aromatic nitrogens is 2. The zero-order chi connectivity index (χ0) is 20.5. The Bertz CT molecular complexity index is 1240. The summed E-state index contributed by atoms with van der Waals surface area (Å²) in [5.74, 6) is 0. The van der Waals surface area contributed by atoms with Gasteiger partial charge in [-0.2, -0.15) is 0 Å². The smallest absolute Gasteiger partial charge is 0.0700 e. The molecule has 2 heterocycles. The van der Waals surface area contributed by atoms with Gasteiger partial charge in [0, 0.05) is 33.5 Å². The zero-order valence-electron chi connectivity index (χ0n) is 17.4. The van der Waals surface area contributed by atoms with E-state index in [0.717, 1.165) is 45.0 Å². The molecule has 4 aromatic rings. The predicted octanol–water partition coefficient (Wildman–Crippen LogP) is 7.19. The molecule has 3 nitrogen and oxygen atoms in total. The number of hydrogen-bond acceptors (Lipinski definition) is 2. The number of allylic oxidation sites excluding steroid dienone is 1. The summed E-state index contributed by atoms with van der Waals surface area (Å²) in [5, 5.41) is 1.24. The fraction of sp³-hybridized carbons (Fsp3) is 0.154. The molecule has 29 heavy (non-hydrogen) atoms. The second kappa shape index (κ2) is 7.51. The van der Waals surface area contributed by atoms with Crippen molar-refractivity contribution in [3.8, 4) is 22.4 Å². The van der Waals surface area contributed by atoms with Gasteiger partial charge in [0.25, 0.3) is 0 Å². The molecule has 0 aliphatic carbocycles. The van der Waals surface area contributed by atoms with Gasteiger partial charge in [-0.15, -0.1) is 0 Å². The Morgan fingerprint density at radius 2 is 1.59 bits per heavy atom. The number of aryl methyl sites for hydroxylation is 3. The maximum atomic E-state index is 4.50. The van der Waals surface area contributed by atoms with Gasteiger partial charge in [-0.3, -0.25) is 9.98 Å². The Labute approximate surface area is 171 Å². The summed E-state index contributed by atoms with van der Waals surface area (Å²) >= 11 is 0. The highest BCUT2D eigenvalue weighted by atomic mass is 14.7. The van der Waals surface area contributed by atoms with Gasteiger partial charge in [-0.1, -0.05) is 36.4 Å². The van der Waals surface area contributed by atoms with E-state index in [0.29, 0.717) is 0 Å². The monoisotopic (exact) mass is 379 g/mol. The first-order chi connectivity index (χ1) is 14.0. The van der Waals surface area contributed by atoms with Crippen LogP contribution in [0.15, 0.2) is 59.6 Å². The summed E-state index contributed by atoms with van der Waals surface area (Å²) in [7, 11) is 0. The third-order valence-electron chi connectivity index (χ3n) is 5.31. The van der Waals surface area contributed by atoms with Crippen molar-refractivity contribution in [1.82, 2.24) is 9.97 Å². The van der Waals surface area contributed by atoms with Crippen LogP contribution in [0.3, 0.4) is 0 Å². The van der Waals surface area contributed by atoms with E-state index in [2.05, 4.69) is 83.2 Å². The largest absolute Gasteiger partial charge is 0.354 e. The summed E-state index contributed by atoms with van der Waals surface area (Å²) in [6, 6.07) is 17.2. The number of rotatable bonds is 4. The summed E-state index contributed by atoms with van der Waals surface area (Å²) in [5.41, 5.74) is 11.0. The van der Waals surface area contributed by atoms with Gasteiger partial charge < -0.3 is 4.98 Å². The lowest BCUT2D eigenvalue weighted by atomic mass is 10.00. The molecule has 0 aliphatic heterocycles. The fourth-order valence-corrected chi connectivity index (χ4v) is 3.97. The van der Waals surface area contributed by atoms with Gasteiger partial charge in [0.1, 0.15) is 0 Å². The van der Waals surface area contributed by atoms with E-state index >= 15 is 0 Å². The van der Waals surface area contributed by atoms with Crippen LogP contribution < -0.4 is 0 Å². The second-order valence-corrected chi connectivity index (χ2v) is 7.46. The first-order valence-corrected chi connectivity index (χ1v) is 9.82. The average molecular weight is 380 g/mol. The quantitative estimate of drug-likeness (QED) is 0.375. The van der Waals surface area contributed by atoms with Crippen molar-refractivity contribution in [3.63, 3.8) is 0 Å². The number of nitrogens with zero attached hydrogens (tertiary/aromatic N) is 2. The van der Waals surface area contributed by atoms with Crippen molar-refractivity contribution in [2.24, 2.45) is 4.99 Å². The van der Waals surface area contributed by atoms with Crippen LogP contribution >= 0.6 is 0 Å². The Balaban J connectivity index is 1.82. The number of nitrogens with one attached hydrogen (secondary N) is 1. The first kappa shape index (κ1) is 18.9. The highest BCUT2D eigenvalue weighted by Gasteiger charge is 2.12. The van der Waals surface area contributed by atoms with E-state index in [1.54, 1.807) is 0 Å².